The van der Waals surface area contributed by atoms with Gasteiger partial charge < -0.3 is 20.5 Å². The molecule has 3 N–H and O–H groups in total. The van der Waals surface area contributed by atoms with Gasteiger partial charge in [-0.2, -0.15) is 0 Å². The van der Waals surface area contributed by atoms with E-state index in [0.717, 1.165) is 11.4 Å². The maximum Gasteiger partial charge on any atom is 0.322 e. The van der Waals surface area contributed by atoms with Gasteiger partial charge in [-0.3, -0.25) is 4.79 Å². The Hall–Kier alpha value is -1.75. The SMILES string of the molecule is CNC(CNc1ccc(OC)cc1)C(=O)O. The third-order valence-corrected chi connectivity index (χ3v) is 2.25. The van der Waals surface area contributed by atoms with Crippen LogP contribution in [-0.2, 0) is 4.79 Å². The van der Waals surface area contributed by atoms with Crippen molar-refractivity contribution >= 4 is 11.7 Å². The Morgan fingerprint density at radius 1 is 1.44 bits per heavy atom. The first-order valence-electron chi connectivity index (χ1n) is 4.95. The molecule has 0 heterocycles. The smallest absolute Gasteiger partial charge is 0.322 e. The summed E-state index contributed by atoms with van der Waals surface area (Å²) in [6.07, 6.45) is 0. The molecule has 0 spiro atoms. The summed E-state index contributed by atoms with van der Waals surface area (Å²) in [5, 5.41) is 14.5. The molecule has 1 aromatic rings. The minimum Gasteiger partial charge on any atom is -0.497 e. The fourth-order valence-electron chi connectivity index (χ4n) is 1.24. The molecule has 0 saturated heterocycles. The number of benzene rings is 1. The van der Waals surface area contributed by atoms with E-state index in [1.54, 1.807) is 14.2 Å². The van der Waals surface area contributed by atoms with E-state index in [4.69, 9.17) is 9.84 Å². The van der Waals surface area contributed by atoms with Crippen molar-refractivity contribution in [2.75, 3.05) is 26.0 Å². The van der Waals surface area contributed by atoms with E-state index in [1.165, 1.54) is 0 Å². The summed E-state index contributed by atoms with van der Waals surface area (Å²) < 4.78 is 5.02. The number of likely N-dealkylation sites (N-methyl/N-ethyl adjacent to an activating group) is 1. The maximum absolute atomic E-state index is 10.7. The number of carboxylic acids is 1. The van der Waals surface area contributed by atoms with Gasteiger partial charge in [0.2, 0.25) is 0 Å². The molecule has 0 aliphatic carbocycles. The third kappa shape index (κ3) is 3.43. The molecule has 0 bridgehead atoms. The number of carboxylic acid groups (broad SMARTS) is 1. The highest BCUT2D eigenvalue weighted by molar-refractivity contribution is 5.74. The van der Waals surface area contributed by atoms with Gasteiger partial charge in [0.15, 0.2) is 0 Å². The van der Waals surface area contributed by atoms with Gasteiger partial charge in [0, 0.05) is 12.2 Å². The first-order valence-corrected chi connectivity index (χ1v) is 4.95. The van der Waals surface area contributed by atoms with Crippen molar-refractivity contribution in [1.82, 2.24) is 5.32 Å². The predicted octanol–water partition coefficient (Wildman–Crippen LogP) is 0.780. The van der Waals surface area contributed by atoms with E-state index < -0.39 is 12.0 Å². The van der Waals surface area contributed by atoms with Crippen LogP contribution in [0, 0.1) is 0 Å². The van der Waals surface area contributed by atoms with Crippen molar-refractivity contribution in [2.45, 2.75) is 6.04 Å². The first-order chi connectivity index (χ1) is 7.67. The lowest BCUT2D eigenvalue weighted by atomic mass is 10.2. The van der Waals surface area contributed by atoms with Gasteiger partial charge in [0.05, 0.1) is 7.11 Å². The first kappa shape index (κ1) is 12.3. The molecule has 88 valence electrons. The largest absolute Gasteiger partial charge is 0.497 e. The van der Waals surface area contributed by atoms with Crippen LogP contribution in [0.3, 0.4) is 0 Å². The number of hydrogen-bond donors (Lipinski definition) is 3. The predicted molar refractivity (Wildman–Crippen MR) is 62.0 cm³/mol. The minimum atomic E-state index is -0.872. The Morgan fingerprint density at radius 3 is 2.50 bits per heavy atom. The van der Waals surface area contributed by atoms with Gasteiger partial charge in [-0.1, -0.05) is 0 Å². The van der Waals surface area contributed by atoms with Crippen molar-refractivity contribution in [3.63, 3.8) is 0 Å². The molecule has 0 aliphatic heterocycles. The lowest BCUT2D eigenvalue weighted by molar-refractivity contribution is -0.138. The van der Waals surface area contributed by atoms with Gasteiger partial charge in [-0.05, 0) is 31.3 Å². The molecule has 5 heteroatoms. The van der Waals surface area contributed by atoms with Crippen molar-refractivity contribution in [2.24, 2.45) is 0 Å². The second-order valence-corrected chi connectivity index (χ2v) is 3.29. The van der Waals surface area contributed by atoms with Crippen LogP contribution < -0.4 is 15.4 Å². The van der Waals surface area contributed by atoms with Crippen LogP contribution in [-0.4, -0.2) is 37.8 Å². The fourth-order valence-corrected chi connectivity index (χ4v) is 1.24. The summed E-state index contributed by atoms with van der Waals surface area (Å²) >= 11 is 0. The molecule has 5 nitrogen and oxygen atoms in total. The Kier molecular flexibility index (Phi) is 4.60. The number of aliphatic carboxylic acids is 1. The summed E-state index contributed by atoms with van der Waals surface area (Å²) in [5.74, 6) is -0.0996. The zero-order valence-electron chi connectivity index (χ0n) is 9.36. The fraction of sp³-hybridized carbons (Fsp3) is 0.364. The number of nitrogens with one attached hydrogen (secondary N) is 2. The molecule has 0 aliphatic rings. The summed E-state index contributed by atoms with van der Waals surface area (Å²) in [4.78, 5) is 10.7. The Bertz CT molecular complexity index is 338. The molecule has 0 fully saturated rings. The molecular weight excluding hydrogens is 208 g/mol. The zero-order valence-corrected chi connectivity index (χ0v) is 9.36. The lowest BCUT2D eigenvalue weighted by Crippen LogP contribution is -2.39. The minimum absolute atomic E-state index is 0.332. The maximum atomic E-state index is 10.7. The molecule has 1 rings (SSSR count). The highest BCUT2D eigenvalue weighted by Gasteiger charge is 2.13. The molecule has 0 amide bonds. The van der Waals surface area contributed by atoms with Crippen molar-refractivity contribution in [1.29, 1.82) is 0 Å². The van der Waals surface area contributed by atoms with Gasteiger partial charge in [-0.15, -0.1) is 0 Å². The monoisotopic (exact) mass is 224 g/mol. The number of rotatable bonds is 6. The van der Waals surface area contributed by atoms with E-state index >= 15 is 0 Å². The molecular formula is C11H16N2O3. The van der Waals surface area contributed by atoms with Crippen LogP contribution in [0.1, 0.15) is 0 Å². The highest BCUT2D eigenvalue weighted by Crippen LogP contribution is 2.14. The number of ether oxygens (including phenoxy) is 1. The van der Waals surface area contributed by atoms with Gasteiger partial charge in [0.25, 0.3) is 0 Å². The molecule has 16 heavy (non-hydrogen) atoms. The van der Waals surface area contributed by atoms with Crippen LogP contribution in [0.5, 0.6) is 5.75 Å². The summed E-state index contributed by atoms with van der Waals surface area (Å²) in [5.41, 5.74) is 0.863. The second kappa shape index (κ2) is 5.97. The number of methoxy groups -OCH3 is 1. The third-order valence-electron chi connectivity index (χ3n) is 2.25. The molecule has 1 atom stereocenters. The van der Waals surface area contributed by atoms with Crippen LogP contribution in [0.25, 0.3) is 0 Å². The summed E-state index contributed by atoms with van der Waals surface area (Å²) in [6.45, 7) is 0.332. The van der Waals surface area contributed by atoms with E-state index in [2.05, 4.69) is 10.6 Å². The van der Waals surface area contributed by atoms with E-state index in [0.29, 0.717) is 6.54 Å². The van der Waals surface area contributed by atoms with E-state index in [1.807, 2.05) is 24.3 Å². The molecule has 0 radical (unpaired) electrons. The number of hydrogen-bond acceptors (Lipinski definition) is 4. The normalized spacial score (nSPS) is 11.9. The van der Waals surface area contributed by atoms with Gasteiger partial charge in [-0.25, -0.2) is 0 Å². The Morgan fingerprint density at radius 2 is 2.06 bits per heavy atom. The molecule has 1 aromatic carbocycles. The molecule has 1 unspecified atom stereocenters. The summed E-state index contributed by atoms with van der Waals surface area (Å²) in [7, 11) is 3.22. The second-order valence-electron chi connectivity index (χ2n) is 3.29. The Balaban J connectivity index is 2.50. The summed E-state index contributed by atoms with van der Waals surface area (Å²) in [6, 6.07) is 6.72. The topological polar surface area (TPSA) is 70.6 Å². The van der Waals surface area contributed by atoms with Crippen molar-refractivity contribution in [3.05, 3.63) is 24.3 Å². The quantitative estimate of drug-likeness (QED) is 0.666. The average molecular weight is 224 g/mol. The average Bonchev–Trinajstić information content (AvgIpc) is 2.30. The van der Waals surface area contributed by atoms with Crippen LogP contribution in [0.4, 0.5) is 5.69 Å². The van der Waals surface area contributed by atoms with Crippen LogP contribution in [0.15, 0.2) is 24.3 Å². The number of anilines is 1. The molecule has 0 aromatic heterocycles. The zero-order chi connectivity index (χ0) is 12.0. The highest BCUT2D eigenvalue weighted by atomic mass is 16.5. The number of carbonyl (C=O) groups is 1. The van der Waals surface area contributed by atoms with Crippen LogP contribution >= 0.6 is 0 Å². The molecule has 0 saturated carbocycles. The van der Waals surface area contributed by atoms with Crippen LogP contribution in [0.2, 0.25) is 0 Å². The van der Waals surface area contributed by atoms with E-state index in [-0.39, 0.29) is 0 Å². The van der Waals surface area contributed by atoms with E-state index in [9.17, 15) is 4.79 Å². The lowest BCUT2D eigenvalue weighted by Gasteiger charge is -2.13. The van der Waals surface area contributed by atoms with Crippen molar-refractivity contribution < 1.29 is 14.6 Å². The van der Waals surface area contributed by atoms with Gasteiger partial charge in [0.1, 0.15) is 11.8 Å². The van der Waals surface area contributed by atoms with Crippen molar-refractivity contribution in [3.8, 4) is 5.75 Å². The Labute approximate surface area is 94.4 Å². The standard InChI is InChI=1S/C11H16N2O3/c1-12-10(11(14)15)7-13-8-3-5-9(16-2)6-4-8/h3-6,10,12-13H,7H2,1-2H3,(H,14,15). The van der Waals surface area contributed by atoms with Gasteiger partial charge >= 0.3 is 5.97 Å².